The molecule has 1 heterocycles. The Morgan fingerprint density at radius 1 is 1.18 bits per heavy atom. The lowest BCUT2D eigenvalue weighted by molar-refractivity contribution is -0.116. The Balaban J connectivity index is 1.69. The zero-order valence-electron chi connectivity index (χ0n) is 15.6. The van der Waals surface area contributed by atoms with Gasteiger partial charge in [0, 0.05) is 19.0 Å². The number of amides is 1. The van der Waals surface area contributed by atoms with Crippen LogP contribution in [0.5, 0.6) is 11.5 Å². The van der Waals surface area contributed by atoms with Crippen molar-refractivity contribution in [2.75, 3.05) is 19.5 Å². The van der Waals surface area contributed by atoms with E-state index in [0.717, 1.165) is 0 Å². The van der Waals surface area contributed by atoms with Crippen LogP contribution in [-0.2, 0) is 11.3 Å². The zero-order chi connectivity index (χ0) is 20.1. The van der Waals surface area contributed by atoms with E-state index in [2.05, 4.69) is 10.3 Å². The molecule has 0 bridgehead atoms. The summed E-state index contributed by atoms with van der Waals surface area (Å²) in [5, 5.41) is 3.68. The average Bonchev–Trinajstić information content (AvgIpc) is 2.70. The van der Waals surface area contributed by atoms with Gasteiger partial charge >= 0.3 is 0 Å². The van der Waals surface area contributed by atoms with E-state index in [1.165, 1.54) is 25.1 Å². The normalized spacial score (nSPS) is 10.7. The fourth-order valence-corrected chi connectivity index (χ4v) is 3.01. The molecule has 146 valence electrons. The lowest BCUT2D eigenvalue weighted by Gasteiger charge is -2.11. The molecule has 3 rings (SSSR count). The Bertz CT molecular complexity index is 1060. The molecule has 7 nitrogen and oxygen atoms in total. The van der Waals surface area contributed by atoms with Crippen molar-refractivity contribution in [3.05, 3.63) is 58.1 Å². The molecule has 28 heavy (non-hydrogen) atoms. The van der Waals surface area contributed by atoms with Gasteiger partial charge in [-0.15, -0.1) is 0 Å². The summed E-state index contributed by atoms with van der Waals surface area (Å²) in [5.74, 6) is 0.808. The van der Waals surface area contributed by atoms with Gasteiger partial charge in [0.05, 0.1) is 42.2 Å². The molecule has 0 aliphatic heterocycles. The van der Waals surface area contributed by atoms with Crippen molar-refractivity contribution in [3.8, 4) is 11.5 Å². The molecule has 0 atom stereocenters. The maximum Gasteiger partial charge on any atom is 0.261 e. The number of carbonyl (C=O) groups excluding carboxylic acids is 1. The van der Waals surface area contributed by atoms with Gasteiger partial charge in [-0.2, -0.15) is 0 Å². The fourth-order valence-electron chi connectivity index (χ4n) is 2.83. The van der Waals surface area contributed by atoms with Gasteiger partial charge in [0.15, 0.2) is 11.5 Å². The molecule has 0 aliphatic carbocycles. The number of halogens is 1. The van der Waals surface area contributed by atoms with Crippen molar-refractivity contribution in [1.82, 2.24) is 9.55 Å². The Kier molecular flexibility index (Phi) is 6.16. The van der Waals surface area contributed by atoms with Crippen molar-refractivity contribution in [2.45, 2.75) is 19.4 Å². The second kappa shape index (κ2) is 8.75. The van der Waals surface area contributed by atoms with Gasteiger partial charge in [-0.05, 0) is 24.6 Å². The number of para-hydroxylation sites is 1. The Hall–Kier alpha value is -3.06. The van der Waals surface area contributed by atoms with Crippen LogP contribution in [0.4, 0.5) is 5.69 Å². The first-order chi connectivity index (χ1) is 13.5. The Morgan fingerprint density at radius 2 is 1.89 bits per heavy atom. The van der Waals surface area contributed by atoms with Gasteiger partial charge in [-0.3, -0.25) is 14.2 Å². The third-order valence-corrected chi connectivity index (χ3v) is 4.61. The number of carbonyl (C=O) groups is 1. The summed E-state index contributed by atoms with van der Waals surface area (Å²) < 4.78 is 12.0. The summed E-state index contributed by atoms with van der Waals surface area (Å²) in [6.07, 6.45) is 2.21. The molecule has 1 aromatic heterocycles. The summed E-state index contributed by atoms with van der Waals surface area (Å²) in [6.45, 7) is 0.367. The number of fused-ring (bicyclic) bond motifs is 1. The molecule has 1 amide bonds. The van der Waals surface area contributed by atoms with Crippen molar-refractivity contribution >= 4 is 34.1 Å². The summed E-state index contributed by atoms with van der Waals surface area (Å²) in [5.41, 5.74) is 0.896. The monoisotopic (exact) mass is 401 g/mol. The first-order valence-electron chi connectivity index (χ1n) is 8.69. The highest BCUT2D eigenvalue weighted by Crippen LogP contribution is 2.29. The van der Waals surface area contributed by atoms with E-state index < -0.39 is 0 Å². The van der Waals surface area contributed by atoms with Crippen LogP contribution in [0.15, 0.2) is 47.5 Å². The second-order valence-electron chi connectivity index (χ2n) is 6.10. The van der Waals surface area contributed by atoms with Crippen LogP contribution < -0.4 is 20.3 Å². The van der Waals surface area contributed by atoms with Gasteiger partial charge in [0.25, 0.3) is 5.56 Å². The van der Waals surface area contributed by atoms with Gasteiger partial charge < -0.3 is 14.8 Å². The zero-order valence-corrected chi connectivity index (χ0v) is 16.3. The van der Waals surface area contributed by atoms with E-state index >= 15 is 0 Å². The van der Waals surface area contributed by atoms with Crippen LogP contribution in [0.2, 0.25) is 5.02 Å². The molecule has 1 N–H and O–H groups in total. The van der Waals surface area contributed by atoms with E-state index in [0.29, 0.717) is 46.1 Å². The SMILES string of the molecule is COc1cc2ncn(CCCC(=O)Nc3ccccc3Cl)c(=O)c2cc1OC. The lowest BCUT2D eigenvalue weighted by Crippen LogP contribution is -2.22. The summed E-state index contributed by atoms with van der Waals surface area (Å²) in [7, 11) is 3.04. The smallest absolute Gasteiger partial charge is 0.261 e. The van der Waals surface area contributed by atoms with E-state index in [1.807, 2.05) is 0 Å². The molecular formula is C20H20ClN3O4. The standard InChI is InChI=1S/C20H20ClN3O4/c1-27-17-10-13-16(11-18(17)28-2)22-12-24(20(13)26)9-5-8-19(25)23-15-7-4-3-6-14(15)21/h3-4,6-7,10-12H,5,8-9H2,1-2H3,(H,23,25). The molecule has 0 saturated carbocycles. The number of anilines is 1. The molecule has 8 heteroatoms. The number of benzene rings is 2. The number of hydrogen-bond acceptors (Lipinski definition) is 5. The van der Waals surface area contributed by atoms with E-state index in [1.54, 1.807) is 36.4 Å². The number of aromatic nitrogens is 2. The molecule has 0 radical (unpaired) electrons. The van der Waals surface area contributed by atoms with E-state index in [9.17, 15) is 9.59 Å². The van der Waals surface area contributed by atoms with Crippen molar-refractivity contribution in [1.29, 1.82) is 0 Å². The minimum absolute atomic E-state index is 0.165. The maximum atomic E-state index is 12.7. The van der Waals surface area contributed by atoms with Gasteiger partial charge in [-0.1, -0.05) is 23.7 Å². The molecule has 0 aliphatic rings. The second-order valence-corrected chi connectivity index (χ2v) is 6.51. The third-order valence-electron chi connectivity index (χ3n) is 4.28. The molecule has 2 aromatic carbocycles. The number of rotatable bonds is 7. The molecular weight excluding hydrogens is 382 g/mol. The Morgan fingerprint density at radius 3 is 2.61 bits per heavy atom. The molecule has 0 unspecified atom stereocenters. The van der Waals surface area contributed by atoms with Gasteiger partial charge in [-0.25, -0.2) is 4.98 Å². The number of nitrogens with one attached hydrogen (secondary N) is 1. The van der Waals surface area contributed by atoms with Crippen molar-refractivity contribution < 1.29 is 14.3 Å². The first kappa shape index (κ1) is 19.7. The van der Waals surface area contributed by atoms with E-state index in [4.69, 9.17) is 21.1 Å². The molecule has 0 fully saturated rings. The van der Waals surface area contributed by atoms with Crippen LogP contribution in [0, 0.1) is 0 Å². The maximum absolute atomic E-state index is 12.7. The molecule has 0 spiro atoms. The summed E-state index contributed by atoms with van der Waals surface area (Å²) in [6, 6.07) is 10.3. The third kappa shape index (κ3) is 4.26. The highest BCUT2D eigenvalue weighted by molar-refractivity contribution is 6.33. The largest absolute Gasteiger partial charge is 0.493 e. The quantitative estimate of drug-likeness (QED) is 0.655. The van der Waals surface area contributed by atoms with Crippen LogP contribution >= 0.6 is 11.6 Å². The first-order valence-corrected chi connectivity index (χ1v) is 9.07. The number of ether oxygens (including phenoxy) is 2. The molecule has 0 saturated heterocycles. The minimum Gasteiger partial charge on any atom is -0.493 e. The lowest BCUT2D eigenvalue weighted by atomic mass is 10.2. The van der Waals surface area contributed by atoms with Gasteiger partial charge in [0.2, 0.25) is 5.91 Å². The number of nitrogens with zero attached hydrogens (tertiary/aromatic N) is 2. The fraction of sp³-hybridized carbons (Fsp3) is 0.250. The van der Waals surface area contributed by atoms with Crippen LogP contribution in [0.25, 0.3) is 10.9 Å². The number of hydrogen-bond donors (Lipinski definition) is 1. The van der Waals surface area contributed by atoms with Crippen molar-refractivity contribution in [3.63, 3.8) is 0 Å². The van der Waals surface area contributed by atoms with Gasteiger partial charge in [0.1, 0.15) is 0 Å². The van der Waals surface area contributed by atoms with Crippen LogP contribution in [0.1, 0.15) is 12.8 Å². The highest BCUT2D eigenvalue weighted by Gasteiger charge is 2.11. The van der Waals surface area contributed by atoms with E-state index in [-0.39, 0.29) is 17.9 Å². The van der Waals surface area contributed by atoms with Crippen LogP contribution in [-0.4, -0.2) is 29.7 Å². The topological polar surface area (TPSA) is 82.5 Å². The van der Waals surface area contributed by atoms with Crippen LogP contribution in [0.3, 0.4) is 0 Å². The highest BCUT2D eigenvalue weighted by atomic mass is 35.5. The van der Waals surface area contributed by atoms with Crippen molar-refractivity contribution in [2.24, 2.45) is 0 Å². The number of aryl methyl sites for hydroxylation is 1. The minimum atomic E-state index is -0.197. The predicted molar refractivity (Wildman–Crippen MR) is 108 cm³/mol. The average molecular weight is 402 g/mol. The predicted octanol–water partition coefficient (Wildman–Crippen LogP) is 3.49. The summed E-state index contributed by atoms with van der Waals surface area (Å²) in [4.78, 5) is 29.1. The molecule has 3 aromatic rings. The summed E-state index contributed by atoms with van der Waals surface area (Å²) >= 11 is 6.03. The Labute approximate surface area is 166 Å². The number of methoxy groups -OCH3 is 2.